The molecule has 0 radical (unpaired) electrons. The zero-order chi connectivity index (χ0) is 22.8. The van der Waals surface area contributed by atoms with E-state index in [1.54, 1.807) is 11.3 Å². The van der Waals surface area contributed by atoms with Crippen LogP contribution in [0.1, 0.15) is 43.0 Å². The van der Waals surface area contributed by atoms with E-state index in [1.807, 2.05) is 45.1 Å². The molecule has 6 heteroatoms. The normalized spacial score (nSPS) is 15.3. The molecule has 2 aromatic carbocycles. The van der Waals surface area contributed by atoms with Crippen LogP contribution < -0.4 is 10.1 Å². The highest BCUT2D eigenvalue weighted by molar-refractivity contribution is 7.18. The van der Waals surface area contributed by atoms with Gasteiger partial charge in [0.1, 0.15) is 10.8 Å². The number of rotatable bonds is 7. The summed E-state index contributed by atoms with van der Waals surface area (Å²) >= 11 is 1.71. The standard InChI is InChI=1S/C26H31N3O2S/c1-16(2)31-23-12-9-18(13-17(23)3)26-27-14-24(32-26)21-8-6-7-20-19(21)10-11-22(20)28-25(30)15-29(4)5/h6-9,12-14,16,22H,10-11,15H2,1-5H3,(H,28,30). The Labute approximate surface area is 194 Å². The summed E-state index contributed by atoms with van der Waals surface area (Å²) in [5.74, 6) is 0.988. The highest BCUT2D eigenvalue weighted by Gasteiger charge is 2.27. The second-order valence-corrected chi connectivity index (χ2v) is 9.98. The summed E-state index contributed by atoms with van der Waals surface area (Å²) in [7, 11) is 3.82. The molecule has 1 unspecified atom stereocenters. The van der Waals surface area contributed by atoms with Crippen LogP contribution in [-0.2, 0) is 11.2 Å². The largest absolute Gasteiger partial charge is 0.491 e. The van der Waals surface area contributed by atoms with E-state index in [9.17, 15) is 4.79 Å². The van der Waals surface area contributed by atoms with Crippen LogP contribution in [0, 0.1) is 6.92 Å². The molecule has 1 heterocycles. The van der Waals surface area contributed by atoms with Gasteiger partial charge < -0.3 is 15.0 Å². The maximum atomic E-state index is 12.3. The molecule has 168 valence electrons. The summed E-state index contributed by atoms with van der Waals surface area (Å²) < 4.78 is 5.87. The molecule has 5 nitrogen and oxygen atoms in total. The molecule has 1 amide bonds. The second-order valence-electron chi connectivity index (χ2n) is 8.95. The Morgan fingerprint density at radius 3 is 2.81 bits per heavy atom. The van der Waals surface area contributed by atoms with Gasteiger partial charge in [-0.2, -0.15) is 0 Å². The third-order valence-corrected chi connectivity index (χ3v) is 6.70. The van der Waals surface area contributed by atoms with Gasteiger partial charge in [0, 0.05) is 11.8 Å². The van der Waals surface area contributed by atoms with E-state index in [0.29, 0.717) is 6.54 Å². The number of fused-ring (bicyclic) bond motifs is 1. The Morgan fingerprint density at radius 2 is 2.09 bits per heavy atom. The van der Waals surface area contributed by atoms with Gasteiger partial charge in [0.25, 0.3) is 0 Å². The van der Waals surface area contributed by atoms with Gasteiger partial charge >= 0.3 is 0 Å². The number of ether oxygens (including phenoxy) is 1. The fourth-order valence-electron chi connectivity index (χ4n) is 4.26. The van der Waals surface area contributed by atoms with Crippen molar-refractivity contribution >= 4 is 17.2 Å². The minimum absolute atomic E-state index is 0.0681. The molecule has 0 fully saturated rings. The molecule has 0 aliphatic heterocycles. The first kappa shape index (κ1) is 22.5. The van der Waals surface area contributed by atoms with E-state index in [1.165, 1.54) is 16.7 Å². The third kappa shape index (κ3) is 4.87. The van der Waals surface area contributed by atoms with Gasteiger partial charge in [-0.3, -0.25) is 4.79 Å². The van der Waals surface area contributed by atoms with Crippen molar-refractivity contribution in [3.8, 4) is 26.8 Å². The lowest BCUT2D eigenvalue weighted by Gasteiger charge is -2.16. The number of likely N-dealkylation sites (N-methyl/N-ethyl adjacent to an activating group) is 1. The van der Waals surface area contributed by atoms with Crippen molar-refractivity contribution in [3.05, 3.63) is 59.3 Å². The number of nitrogens with zero attached hydrogens (tertiary/aromatic N) is 2. The molecular weight excluding hydrogens is 418 g/mol. The predicted octanol–water partition coefficient (Wildman–Crippen LogP) is 5.24. The van der Waals surface area contributed by atoms with Crippen LogP contribution in [0.4, 0.5) is 0 Å². The number of aryl methyl sites for hydroxylation is 1. The molecule has 1 aliphatic carbocycles. The molecule has 0 saturated heterocycles. The highest BCUT2D eigenvalue weighted by Crippen LogP contribution is 2.41. The fourth-order valence-corrected chi connectivity index (χ4v) is 5.23. The van der Waals surface area contributed by atoms with Gasteiger partial charge in [-0.15, -0.1) is 11.3 Å². The summed E-state index contributed by atoms with van der Waals surface area (Å²) in [6, 6.07) is 12.8. The summed E-state index contributed by atoms with van der Waals surface area (Å²) in [4.78, 5) is 20.1. The molecule has 0 bridgehead atoms. The van der Waals surface area contributed by atoms with Crippen molar-refractivity contribution in [3.63, 3.8) is 0 Å². The number of hydrogen-bond acceptors (Lipinski definition) is 5. The summed E-state index contributed by atoms with van der Waals surface area (Å²) in [5, 5.41) is 4.20. The smallest absolute Gasteiger partial charge is 0.234 e. The Bertz CT molecular complexity index is 1120. The van der Waals surface area contributed by atoms with Gasteiger partial charge in [0.15, 0.2) is 0 Å². The minimum atomic E-state index is 0.0681. The molecule has 0 spiro atoms. The SMILES string of the molecule is Cc1cc(-c2ncc(-c3cccc4c3CCC4NC(=O)CN(C)C)s2)ccc1OC(C)C. The van der Waals surface area contributed by atoms with Crippen LogP contribution in [0.25, 0.3) is 21.0 Å². The van der Waals surface area contributed by atoms with E-state index in [0.717, 1.165) is 39.6 Å². The van der Waals surface area contributed by atoms with Crippen LogP contribution >= 0.6 is 11.3 Å². The van der Waals surface area contributed by atoms with E-state index in [4.69, 9.17) is 9.72 Å². The monoisotopic (exact) mass is 449 g/mol. The van der Waals surface area contributed by atoms with Gasteiger partial charge in [0.2, 0.25) is 5.91 Å². The van der Waals surface area contributed by atoms with Crippen LogP contribution in [0.2, 0.25) is 0 Å². The molecule has 0 saturated carbocycles. The van der Waals surface area contributed by atoms with Crippen molar-refractivity contribution in [1.29, 1.82) is 0 Å². The zero-order valence-corrected chi connectivity index (χ0v) is 20.3. The van der Waals surface area contributed by atoms with Gasteiger partial charge in [-0.05, 0) is 88.2 Å². The van der Waals surface area contributed by atoms with Crippen LogP contribution in [0.15, 0.2) is 42.6 Å². The number of amides is 1. The average Bonchev–Trinajstić information content (AvgIpc) is 3.36. The minimum Gasteiger partial charge on any atom is -0.491 e. The molecule has 1 atom stereocenters. The molecule has 3 aromatic rings. The lowest BCUT2D eigenvalue weighted by molar-refractivity contribution is -0.122. The maximum Gasteiger partial charge on any atom is 0.234 e. The molecule has 1 N–H and O–H groups in total. The van der Waals surface area contributed by atoms with E-state index < -0.39 is 0 Å². The van der Waals surface area contributed by atoms with Crippen molar-refractivity contribution < 1.29 is 9.53 Å². The van der Waals surface area contributed by atoms with Gasteiger partial charge in [-0.25, -0.2) is 4.98 Å². The van der Waals surface area contributed by atoms with Gasteiger partial charge in [0.05, 0.1) is 23.6 Å². The topological polar surface area (TPSA) is 54.5 Å². The van der Waals surface area contributed by atoms with Gasteiger partial charge in [-0.1, -0.05) is 18.2 Å². The molecule has 1 aromatic heterocycles. The first-order valence-electron chi connectivity index (χ1n) is 11.1. The van der Waals surface area contributed by atoms with Crippen molar-refractivity contribution in [1.82, 2.24) is 15.2 Å². The number of nitrogens with one attached hydrogen (secondary N) is 1. The van der Waals surface area contributed by atoms with Crippen LogP contribution in [0.5, 0.6) is 5.75 Å². The lowest BCUT2D eigenvalue weighted by atomic mass is 10.0. The zero-order valence-electron chi connectivity index (χ0n) is 19.4. The highest BCUT2D eigenvalue weighted by atomic mass is 32.1. The Hall–Kier alpha value is -2.70. The number of benzene rings is 2. The Kier molecular flexibility index (Phi) is 6.63. The number of aromatic nitrogens is 1. The average molecular weight is 450 g/mol. The summed E-state index contributed by atoms with van der Waals surface area (Å²) in [6.45, 7) is 6.56. The quantitative estimate of drug-likeness (QED) is 0.536. The summed E-state index contributed by atoms with van der Waals surface area (Å²) in [6.07, 6.45) is 4.03. The van der Waals surface area contributed by atoms with Crippen molar-refractivity contribution in [2.45, 2.75) is 45.8 Å². The first-order chi connectivity index (χ1) is 15.3. The first-order valence-corrected chi connectivity index (χ1v) is 11.9. The summed E-state index contributed by atoms with van der Waals surface area (Å²) in [5.41, 5.74) is 6.01. The maximum absolute atomic E-state index is 12.3. The van der Waals surface area contributed by atoms with Crippen molar-refractivity contribution in [2.24, 2.45) is 0 Å². The van der Waals surface area contributed by atoms with Crippen LogP contribution in [-0.4, -0.2) is 42.5 Å². The number of carbonyl (C=O) groups is 1. The van der Waals surface area contributed by atoms with E-state index in [2.05, 4.69) is 42.6 Å². The second kappa shape index (κ2) is 9.43. The number of thiazole rings is 1. The lowest BCUT2D eigenvalue weighted by Crippen LogP contribution is -2.35. The number of carbonyl (C=O) groups excluding carboxylic acids is 1. The van der Waals surface area contributed by atoms with E-state index in [-0.39, 0.29) is 18.1 Å². The fraction of sp³-hybridized carbons (Fsp3) is 0.385. The van der Waals surface area contributed by atoms with E-state index >= 15 is 0 Å². The van der Waals surface area contributed by atoms with Crippen molar-refractivity contribution in [2.75, 3.05) is 20.6 Å². The number of hydrogen-bond donors (Lipinski definition) is 1. The molecule has 4 rings (SSSR count). The molecule has 1 aliphatic rings. The predicted molar refractivity (Wildman–Crippen MR) is 131 cm³/mol. The molecular formula is C26H31N3O2S. The Morgan fingerprint density at radius 1 is 1.28 bits per heavy atom. The molecule has 32 heavy (non-hydrogen) atoms. The Balaban J connectivity index is 1.57. The third-order valence-electron chi connectivity index (χ3n) is 5.62. The van der Waals surface area contributed by atoms with Crippen LogP contribution in [0.3, 0.4) is 0 Å².